The fourth-order valence-electron chi connectivity index (χ4n) is 0.900. The van der Waals surface area contributed by atoms with Crippen LogP contribution in [-0.4, -0.2) is 20.8 Å². The summed E-state index contributed by atoms with van der Waals surface area (Å²) in [5, 5.41) is 0. The fourth-order valence-corrected chi connectivity index (χ4v) is 1.42. The molecule has 0 fully saturated rings. The van der Waals surface area contributed by atoms with E-state index in [-0.39, 0.29) is 17.5 Å². The van der Waals surface area contributed by atoms with Crippen LogP contribution < -0.4 is 0 Å². The highest BCUT2D eigenvalue weighted by atomic mass is 32.2. The normalized spacial score (nSPS) is 12.0. The molecule has 2 nitrogen and oxygen atoms in total. The number of rotatable bonds is 3. The molecule has 1 rings (SSSR count). The van der Waals surface area contributed by atoms with Gasteiger partial charge in [-0.3, -0.25) is 0 Å². The Morgan fingerprint density at radius 3 is 2.69 bits per heavy atom. The van der Waals surface area contributed by atoms with Crippen LogP contribution in [0, 0.1) is 6.92 Å². The summed E-state index contributed by atoms with van der Waals surface area (Å²) in [7, 11) is 0. The third-order valence-electron chi connectivity index (χ3n) is 1.52. The van der Waals surface area contributed by atoms with Crippen LogP contribution in [0.25, 0.3) is 0 Å². The van der Waals surface area contributed by atoms with E-state index in [1.165, 1.54) is 0 Å². The highest BCUT2D eigenvalue weighted by Gasteiger charge is 2.27. The second-order valence-corrected chi connectivity index (χ2v) is 3.62. The summed E-state index contributed by atoms with van der Waals surface area (Å²) in [5.74, 6) is 0.767. The van der Waals surface area contributed by atoms with E-state index < -0.39 is 5.51 Å². The molecule has 1 aromatic rings. The maximum Gasteiger partial charge on any atom is 0.441 e. The van der Waals surface area contributed by atoms with Gasteiger partial charge in [-0.15, -0.1) is 0 Å². The first-order valence-corrected chi connectivity index (χ1v) is 4.66. The molecule has 1 aromatic heterocycles. The molecule has 0 amide bonds. The predicted octanol–water partition coefficient (Wildman–Crippen LogP) is 2.44. The molecule has 0 aliphatic carbocycles. The summed E-state index contributed by atoms with van der Waals surface area (Å²) in [6, 6.07) is 0. The number of halogens is 3. The van der Waals surface area contributed by atoms with Crippen molar-refractivity contribution in [3.63, 3.8) is 0 Å². The molecule has 1 heterocycles. The van der Waals surface area contributed by atoms with E-state index in [2.05, 4.69) is 4.98 Å². The highest BCUT2D eigenvalue weighted by Crippen LogP contribution is 2.29. The molecule has 0 aliphatic rings. The van der Waals surface area contributed by atoms with Crippen molar-refractivity contribution in [1.82, 2.24) is 9.55 Å². The minimum absolute atomic E-state index is 0.00810. The van der Waals surface area contributed by atoms with Crippen molar-refractivity contribution in [3.05, 3.63) is 18.2 Å². The molecule has 6 heteroatoms. The second kappa shape index (κ2) is 4.04. The van der Waals surface area contributed by atoms with Crippen molar-refractivity contribution < 1.29 is 13.2 Å². The SMILES string of the molecule is Cc1nccn1CCSC(F)(F)F. The van der Waals surface area contributed by atoms with Crippen molar-refractivity contribution in [2.24, 2.45) is 0 Å². The van der Waals surface area contributed by atoms with Gasteiger partial charge in [0.2, 0.25) is 0 Å². The zero-order chi connectivity index (χ0) is 9.90. The van der Waals surface area contributed by atoms with E-state index in [4.69, 9.17) is 0 Å². The summed E-state index contributed by atoms with van der Waals surface area (Å²) < 4.78 is 36.9. The number of aromatic nitrogens is 2. The number of hydrogen-bond donors (Lipinski definition) is 0. The highest BCUT2D eigenvalue weighted by molar-refractivity contribution is 8.00. The minimum Gasteiger partial charge on any atom is -0.334 e. The van der Waals surface area contributed by atoms with Crippen molar-refractivity contribution in [1.29, 1.82) is 0 Å². The summed E-state index contributed by atoms with van der Waals surface area (Å²) in [5.41, 5.74) is -4.13. The van der Waals surface area contributed by atoms with Crippen LogP contribution in [0.1, 0.15) is 5.82 Å². The lowest BCUT2D eigenvalue weighted by Gasteiger charge is -2.06. The molecule has 0 saturated carbocycles. The third-order valence-corrected chi connectivity index (χ3v) is 2.24. The molecule has 0 radical (unpaired) electrons. The molecule has 0 bridgehead atoms. The molecule has 0 aliphatic heterocycles. The molecule has 0 N–H and O–H groups in total. The van der Waals surface area contributed by atoms with Crippen LogP contribution in [0.15, 0.2) is 12.4 Å². The average molecular weight is 210 g/mol. The number of aryl methyl sites for hydroxylation is 2. The van der Waals surface area contributed by atoms with Crippen molar-refractivity contribution in [2.45, 2.75) is 19.0 Å². The van der Waals surface area contributed by atoms with Crippen LogP contribution in [0.5, 0.6) is 0 Å². The Bertz CT molecular complexity index is 269. The number of nitrogens with zero attached hydrogens (tertiary/aromatic N) is 2. The Balaban J connectivity index is 2.32. The van der Waals surface area contributed by atoms with Crippen LogP contribution in [0.2, 0.25) is 0 Å². The first-order valence-electron chi connectivity index (χ1n) is 3.67. The Hall–Kier alpha value is -0.650. The van der Waals surface area contributed by atoms with Gasteiger partial charge in [-0.1, -0.05) is 0 Å². The van der Waals surface area contributed by atoms with Crippen LogP contribution >= 0.6 is 11.8 Å². The lowest BCUT2D eigenvalue weighted by Crippen LogP contribution is -2.07. The van der Waals surface area contributed by atoms with Gasteiger partial charge in [0.25, 0.3) is 0 Å². The predicted molar refractivity (Wildman–Crippen MR) is 45.5 cm³/mol. The van der Waals surface area contributed by atoms with E-state index in [1.807, 2.05) is 0 Å². The van der Waals surface area contributed by atoms with Crippen LogP contribution in [0.4, 0.5) is 13.2 Å². The summed E-state index contributed by atoms with van der Waals surface area (Å²) in [6.07, 6.45) is 3.25. The number of imidazole rings is 1. The number of hydrogen-bond acceptors (Lipinski definition) is 2. The Morgan fingerprint density at radius 2 is 2.23 bits per heavy atom. The summed E-state index contributed by atoms with van der Waals surface area (Å²) in [4.78, 5) is 3.90. The molecule has 13 heavy (non-hydrogen) atoms. The zero-order valence-corrected chi connectivity index (χ0v) is 7.82. The van der Waals surface area contributed by atoms with Gasteiger partial charge in [0, 0.05) is 24.7 Å². The smallest absolute Gasteiger partial charge is 0.334 e. The fraction of sp³-hybridized carbons (Fsp3) is 0.571. The standard InChI is InChI=1S/C7H9F3N2S/c1-6-11-2-3-12(6)4-5-13-7(8,9)10/h2-3H,4-5H2,1H3. The van der Waals surface area contributed by atoms with Gasteiger partial charge >= 0.3 is 5.51 Å². The number of alkyl halides is 3. The Morgan fingerprint density at radius 1 is 1.54 bits per heavy atom. The molecule has 0 atom stereocenters. The van der Waals surface area contributed by atoms with Gasteiger partial charge in [0.1, 0.15) is 5.82 Å². The first kappa shape index (κ1) is 10.4. The zero-order valence-electron chi connectivity index (χ0n) is 7.01. The maximum atomic E-state index is 11.7. The first-order chi connectivity index (χ1) is 5.99. The van der Waals surface area contributed by atoms with Crippen molar-refractivity contribution >= 4 is 11.8 Å². The Kier molecular flexibility index (Phi) is 3.24. The quantitative estimate of drug-likeness (QED) is 0.762. The monoisotopic (exact) mass is 210 g/mol. The summed E-state index contributed by atoms with van der Waals surface area (Å²) in [6.45, 7) is 2.11. The van der Waals surface area contributed by atoms with Gasteiger partial charge in [0.15, 0.2) is 0 Å². The van der Waals surface area contributed by atoms with E-state index >= 15 is 0 Å². The molecule has 0 spiro atoms. The lowest BCUT2D eigenvalue weighted by atomic mass is 10.6. The Labute approximate surface area is 78.1 Å². The van der Waals surface area contributed by atoms with E-state index in [1.54, 1.807) is 23.9 Å². The summed E-state index contributed by atoms with van der Waals surface area (Å²) >= 11 is -0.00810. The lowest BCUT2D eigenvalue weighted by molar-refractivity contribution is -0.0328. The van der Waals surface area contributed by atoms with E-state index in [9.17, 15) is 13.2 Å². The largest absolute Gasteiger partial charge is 0.441 e. The van der Waals surface area contributed by atoms with Crippen molar-refractivity contribution in [3.8, 4) is 0 Å². The van der Waals surface area contributed by atoms with E-state index in [0.29, 0.717) is 6.54 Å². The average Bonchev–Trinajstić information content (AvgIpc) is 2.34. The molecule has 0 aromatic carbocycles. The van der Waals surface area contributed by atoms with Crippen LogP contribution in [0.3, 0.4) is 0 Å². The minimum atomic E-state index is -4.13. The third kappa shape index (κ3) is 3.71. The van der Waals surface area contributed by atoms with Crippen molar-refractivity contribution in [2.75, 3.05) is 5.75 Å². The van der Waals surface area contributed by atoms with Gasteiger partial charge < -0.3 is 4.57 Å². The van der Waals surface area contributed by atoms with Gasteiger partial charge in [0.05, 0.1) is 0 Å². The van der Waals surface area contributed by atoms with Gasteiger partial charge in [-0.25, -0.2) is 4.98 Å². The molecular formula is C7H9F3N2S. The molecule has 0 saturated heterocycles. The van der Waals surface area contributed by atoms with Gasteiger partial charge in [-0.2, -0.15) is 13.2 Å². The number of thioether (sulfide) groups is 1. The molecular weight excluding hydrogens is 201 g/mol. The molecule has 74 valence electrons. The van der Waals surface area contributed by atoms with E-state index in [0.717, 1.165) is 5.82 Å². The topological polar surface area (TPSA) is 17.8 Å². The maximum absolute atomic E-state index is 11.7. The van der Waals surface area contributed by atoms with Crippen LogP contribution in [-0.2, 0) is 6.54 Å². The second-order valence-electron chi connectivity index (χ2n) is 2.46. The van der Waals surface area contributed by atoms with Gasteiger partial charge in [-0.05, 0) is 18.7 Å². The molecule has 0 unspecified atom stereocenters.